The molecular formula is C13H18INO2S. The number of amides is 1. The molecule has 0 unspecified atom stereocenters. The van der Waals surface area contributed by atoms with Crippen LogP contribution in [0.15, 0.2) is 35.2 Å². The Morgan fingerprint density at radius 2 is 2.06 bits per heavy atom. The first kappa shape index (κ1) is 15.8. The van der Waals surface area contributed by atoms with Gasteiger partial charge in [-0.2, -0.15) is 0 Å². The summed E-state index contributed by atoms with van der Waals surface area (Å²) in [6.45, 7) is 1.95. The number of alkyl halides is 1. The van der Waals surface area contributed by atoms with Crippen molar-refractivity contribution in [2.24, 2.45) is 0 Å². The fraction of sp³-hybridized carbons (Fsp3) is 0.462. The standard InChI is InChI=1S/C13H18INO2S/c14-7-9-17-10-8-15-13(16)6-11-18-12-4-2-1-3-5-12/h1-5H,6-11H2,(H,15,16). The van der Waals surface area contributed by atoms with Gasteiger partial charge in [-0.15, -0.1) is 11.8 Å². The average Bonchev–Trinajstić information content (AvgIpc) is 2.40. The number of thioether (sulfide) groups is 1. The molecule has 3 nitrogen and oxygen atoms in total. The Bertz CT molecular complexity index is 335. The molecule has 5 heteroatoms. The summed E-state index contributed by atoms with van der Waals surface area (Å²) in [5, 5.41) is 2.85. The molecule has 18 heavy (non-hydrogen) atoms. The Morgan fingerprint density at radius 1 is 1.28 bits per heavy atom. The van der Waals surface area contributed by atoms with Crippen LogP contribution in [0.25, 0.3) is 0 Å². The van der Waals surface area contributed by atoms with Crippen molar-refractivity contribution < 1.29 is 9.53 Å². The minimum atomic E-state index is 0.0940. The molecule has 0 fully saturated rings. The second-order valence-electron chi connectivity index (χ2n) is 3.56. The normalized spacial score (nSPS) is 10.3. The first-order chi connectivity index (χ1) is 8.83. The first-order valence-corrected chi connectivity index (χ1v) is 8.42. The zero-order valence-corrected chi connectivity index (χ0v) is 13.2. The van der Waals surface area contributed by atoms with Crippen LogP contribution in [-0.4, -0.2) is 35.8 Å². The number of carbonyl (C=O) groups excluding carboxylic acids is 1. The lowest BCUT2D eigenvalue weighted by molar-refractivity contribution is -0.120. The fourth-order valence-corrected chi connectivity index (χ4v) is 2.47. The maximum atomic E-state index is 11.5. The molecule has 0 aliphatic heterocycles. The van der Waals surface area contributed by atoms with Crippen molar-refractivity contribution >= 4 is 40.3 Å². The van der Waals surface area contributed by atoms with E-state index in [4.69, 9.17) is 4.74 Å². The van der Waals surface area contributed by atoms with Gasteiger partial charge in [-0.1, -0.05) is 40.8 Å². The molecule has 1 aromatic rings. The molecule has 0 saturated carbocycles. The number of hydrogen-bond acceptors (Lipinski definition) is 3. The van der Waals surface area contributed by atoms with Crippen LogP contribution in [0.2, 0.25) is 0 Å². The Balaban J connectivity index is 2.00. The summed E-state index contributed by atoms with van der Waals surface area (Å²) in [6, 6.07) is 10.1. The van der Waals surface area contributed by atoms with E-state index in [0.717, 1.165) is 16.8 Å². The first-order valence-electron chi connectivity index (χ1n) is 5.91. The van der Waals surface area contributed by atoms with Gasteiger partial charge in [0.2, 0.25) is 5.91 Å². The summed E-state index contributed by atoms with van der Waals surface area (Å²) in [7, 11) is 0. The highest BCUT2D eigenvalue weighted by atomic mass is 127. The molecule has 100 valence electrons. The van der Waals surface area contributed by atoms with Crippen LogP contribution in [0.1, 0.15) is 6.42 Å². The van der Waals surface area contributed by atoms with E-state index in [9.17, 15) is 4.79 Å². The van der Waals surface area contributed by atoms with Crippen LogP contribution >= 0.6 is 34.4 Å². The highest BCUT2D eigenvalue weighted by Crippen LogP contribution is 2.17. The Morgan fingerprint density at radius 3 is 2.78 bits per heavy atom. The molecule has 0 radical (unpaired) electrons. The predicted molar refractivity (Wildman–Crippen MR) is 84.5 cm³/mol. The minimum absolute atomic E-state index is 0.0940. The minimum Gasteiger partial charge on any atom is -0.379 e. The summed E-state index contributed by atoms with van der Waals surface area (Å²) in [6.07, 6.45) is 0.547. The summed E-state index contributed by atoms with van der Waals surface area (Å²) in [5.41, 5.74) is 0. The molecule has 0 heterocycles. The molecule has 1 N–H and O–H groups in total. The number of ether oxygens (including phenoxy) is 1. The molecule has 0 aliphatic rings. The molecule has 1 rings (SSSR count). The lowest BCUT2D eigenvalue weighted by Gasteiger charge is -2.05. The SMILES string of the molecule is O=C(CCSc1ccccc1)NCCOCCI. The number of carbonyl (C=O) groups is 1. The van der Waals surface area contributed by atoms with Crippen molar-refractivity contribution in [1.29, 1.82) is 0 Å². The molecule has 1 amide bonds. The number of halogens is 1. The van der Waals surface area contributed by atoms with E-state index in [2.05, 4.69) is 40.0 Å². The maximum Gasteiger partial charge on any atom is 0.220 e. The maximum absolute atomic E-state index is 11.5. The summed E-state index contributed by atoms with van der Waals surface area (Å²) >= 11 is 3.96. The Kier molecular flexibility index (Phi) is 9.33. The van der Waals surface area contributed by atoms with Gasteiger partial charge in [0.1, 0.15) is 0 Å². The highest BCUT2D eigenvalue weighted by Gasteiger charge is 2.01. The van der Waals surface area contributed by atoms with Crippen molar-refractivity contribution in [2.45, 2.75) is 11.3 Å². The topological polar surface area (TPSA) is 38.3 Å². The lowest BCUT2D eigenvalue weighted by Crippen LogP contribution is -2.27. The molecule has 1 aromatic carbocycles. The van der Waals surface area contributed by atoms with Gasteiger partial charge in [-0.25, -0.2) is 0 Å². The molecule has 0 spiro atoms. The van der Waals surface area contributed by atoms with E-state index < -0.39 is 0 Å². The van der Waals surface area contributed by atoms with Gasteiger partial charge >= 0.3 is 0 Å². The van der Waals surface area contributed by atoms with Gasteiger partial charge in [-0.05, 0) is 12.1 Å². The van der Waals surface area contributed by atoms with Gasteiger partial charge < -0.3 is 10.1 Å². The van der Waals surface area contributed by atoms with E-state index in [1.54, 1.807) is 11.8 Å². The Hall–Kier alpha value is -0.270. The smallest absolute Gasteiger partial charge is 0.220 e. The number of nitrogens with one attached hydrogen (secondary N) is 1. The third kappa shape index (κ3) is 7.94. The molecule has 0 atom stereocenters. The molecule has 0 aliphatic carbocycles. The predicted octanol–water partition coefficient (Wildman–Crippen LogP) is 2.74. The van der Waals surface area contributed by atoms with Crippen molar-refractivity contribution in [3.63, 3.8) is 0 Å². The van der Waals surface area contributed by atoms with Crippen LogP contribution < -0.4 is 5.32 Å². The quantitative estimate of drug-likeness (QED) is 0.310. The summed E-state index contributed by atoms with van der Waals surface area (Å²) in [4.78, 5) is 12.7. The van der Waals surface area contributed by atoms with Crippen LogP contribution in [0.4, 0.5) is 0 Å². The number of rotatable bonds is 9. The van der Waals surface area contributed by atoms with E-state index in [1.165, 1.54) is 4.90 Å². The van der Waals surface area contributed by atoms with E-state index in [1.807, 2.05) is 18.2 Å². The van der Waals surface area contributed by atoms with Crippen LogP contribution in [0.3, 0.4) is 0 Å². The Labute approximate surface area is 126 Å². The van der Waals surface area contributed by atoms with Gasteiger partial charge in [0.15, 0.2) is 0 Å². The van der Waals surface area contributed by atoms with E-state index in [-0.39, 0.29) is 5.91 Å². The summed E-state index contributed by atoms with van der Waals surface area (Å²) < 4.78 is 6.27. The third-order valence-electron chi connectivity index (χ3n) is 2.13. The van der Waals surface area contributed by atoms with Crippen molar-refractivity contribution in [3.05, 3.63) is 30.3 Å². The second-order valence-corrected chi connectivity index (χ2v) is 5.81. The van der Waals surface area contributed by atoms with Crippen LogP contribution in [0, 0.1) is 0 Å². The van der Waals surface area contributed by atoms with Crippen molar-refractivity contribution in [2.75, 3.05) is 29.9 Å². The van der Waals surface area contributed by atoms with Crippen LogP contribution in [-0.2, 0) is 9.53 Å². The lowest BCUT2D eigenvalue weighted by atomic mass is 10.4. The summed E-state index contributed by atoms with van der Waals surface area (Å²) in [5.74, 6) is 0.904. The highest BCUT2D eigenvalue weighted by molar-refractivity contribution is 14.1. The zero-order chi connectivity index (χ0) is 13.1. The monoisotopic (exact) mass is 379 g/mol. The molecule has 0 saturated heterocycles. The van der Waals surface area contributed by atoms with E-state index >= 15 is 0 Å². The fourth-order valence-electron chi connectivity index (χ4n) is 1.29. The van der Waals surface area contributed by atoms with Gasteiger partial charge in [-0.3, -0.25) is 4.79 Å². The largest absolute Gasteiger partial charge is 0.379 e. The van der Waals surface area contributed by atoms with Gasteiger partial charge in [0, 0.05) is 28.0 Å². The second kappa shape index (κ2) is 10.6. The molecule has 0 aromatic heterocycles. The molecule has 0 bridgehead atoms. The van der Waals surface area contributed by atoms with Crippen LogP contribution in [0.5, 0.6) is 0 Å². The van der Waals surface area contributed by atoms with Gasteiger partial charge in [0.25, 0.3) is 0 Å². The van der Waals surface area contributed by atoms with Crippen molar-refractivity contribution in [3.8, 4) is 0 Å². The molecular weight excluding hydrogens is 361 g/mol. The number of benzene rings is 1. The number of hydrogen-bond donors (Lipinski definition) is 1. The van der Waals surface area contributed by atoms with E-state index in [0.29, 0.717) is 19.6 Å². The third-order valence-corrected chi connectivity index (χ3v) is 3.59. The van der Waals surface area contributed by atoms with Gasteiger partial charge in [0.05, 0.1) is 13.2 Å². The van der Waals surface area contributed by atoms with Crippen molar-refractivity contribution in [1.82, 2.24) is 5.32 Å². The average molecular weight is 379 g/mol. The zero-order valence-electron chi connectivity index (χ0n) is 10.2.